The molecule has 1 saturated carbocycles. The summed E-state index contributed by atoms with van der Waals surface area (Å²) in [6.07, 6.45) is 6.25. The molecule has 0 N–H and O–H groups in total. The van der Waals surface area contributed by atoms with Crippen LogP contribution in [0.25, 0.3) is 10.9 Å². The van der Waals surface area contributed by atoms with Crippen LogP contribution in [0.2, 0.25) is 5.02 Å². The van der Waals surface area contributed by atoms with Crippen LogP contribution in [0.1, 0.15) is 46.5 Å². The van der Waals surface area contributed by atoms with Gasteiger partial charge in [-0.2, -0.15) is 0 Å². The Labute approximate surface area is 148 Å². The van der Waals surface area contributed by atoms with E-state index in [1.807, 2.05) is 35.0 Å². The van der Waals surface area contributed by atoms with Crippen molar-refractivity contribution < 1.29 is 9.53 Å². The first kappa shape index (κ1) is 17.3. The summed E-state index contributed by atoms with van der Waals surface area (Å²) in [7, 11) is 0. The van der Waals surface area contributed by atoms with Crippen LogP contribution in [0, 0.1) is 11.3 Å². The smallest absolute Gasteiger partial charge is 0.326 e. The van der Waals surface area contributed by atoms with Crippen molar-refractivity contribution >= 4 is 28.5 Å². The van der Waals surface area contributed by atoms with Crippen molar-refractivity contribution in [2.75, 3.05) is 0 Å². The molecule has 1 aliphatic rings. The van der Waals surface area contributed by atoms with E-state index in [1.165, 1.54) is 0 Å². The molecular weight excluding hydrogens is 322 g/mol. The second-order valence-electron chi connectivity index (χ2n) is 7.98. The monoisotopic (exact) mass is 347 g/mol. The third-order valence-electron chi connectivity index (χ3n) is 5.23. The largest absolute Gasteiger partial charge is 0.461 e. The van der Waals surface area contributed by atoms with E-state index in [0.29, 0.717) is 10.4 Å². The van der Waals surface area contributed by atoms with Gasteiger partial charge in [0.1, 0.15) is 12.6 Å². The normalized spacial score (nSPS) is 21.8. The van der Waals surface area contributed by atoms with Gasteiger partial charge in [-0.15, -0.1) is 0 Å². The molecule has 1 aromatic carbocycles. The third-order valence-corrected chi connectivity index (χ3v) is 5.46. The molecule has 3 rings (SSSR count). The van der Waals surface area contributed by atoms with E-state index >= 15 is 0 Å². The van der Waals surface area contributed by atoms with Gasteiger partial charge in [0.15, 0.2) is 0 Å². The first-order valence-corrected chi connectivity index (χ1v) is 9.14. The van der Waals surface area contributed by atoms with Crippen LogP contribution in [0.15, 0.2) is 30.5 Å². The maximum absolute atomic E-state index is 12.3. The van der Waals surface area contributed by atoms with Crippen molar-refractivity contribution in [2.45, 2.75) is 59.1 Å². The Morgan fingerprint density at radius 1 is 1.21 bits per heavy atom. The second-order valence-corrected chi connectivity index (χ2v) is 8.41. The molecule has 0 amide bonds. The van der Waals surface area contributed by atoms with E-state index in [4.69, 9.17) is 16.3 Å². The second kappa shape index (κ2) is 6.79. The molecule has 1 fully saturated rings. The first-order valence-electron chi connectivity index (χ1n) is 8.77. The van der Waals surface area contributed by atoms with Crippen LogP contribution in [-0.2, 0) is 16.1 Å². The lowest BCUT2D eigenvalue weighted by molar-refractivity contribution is -0.152. The van der Waals surface area contributed by atoms with Gasteiger partial charge in [-0.05, 0) is 61.3 Å². The van der Waals surface area contributed by atoms with Crippen molar-refractivity contribution in [3.05, 3.63) is 35.5 Å². The first-order chi connectivity index (χ1) is 11.3. The van der Waals surface area contributed by atoms with Crippen LogP contribution in [0.5, 0.6) is 0 Å². The highest BCUT2D eigenvalue weighted by Gasteiger charge is 2.31. The van der Waals surface area contributed by atoms with Gasteiger partial charge in [-0.25, -0.2) is 0 Å². The maximum Gasteiger partial charge on any atom is 0.326 e. The van der Waals surface area contributed by atoms with Crippen molar-refractivity contribution in [3.8, 4) is 0 Å². The number of esters is 1. The molecule has 0 aliphatic heterocycles. The molecular formula is C20H26ClNO2. The molecule has 0 saturated heterocycles. The molecule has 2 aromatic rings. The lowest BCUT2D eigenvalue weighted by Crippen LogP contribution is -2.31. The predicted molar refractivity (Wildman–Crippen MR) is 98.2 cm³/mol. The molecule has 4 heteroatoms. The van der Waals surface area contributed by atoms with Crippen LogP contribution < -0.4 is 0 Å². The van der Waals surface area contributed by atoms with E-state index < -0.39 is 0 Å². The van der Waals surface area contributed by atoms with E-state index in [9.17, 15) is 4.79 Å². The summed E-state index contributed by atoms with van der Waals surface area (Å²) >= 11 is 6.01. The fourth-order valence-corrected chi connectivity index (χ4v) is 3.90. The van der Waals surface area contributed by atoms with Crippen molar-refractivity contribution in [1.29, 1.82) is 0 Å². The van der Waals surface area contributed by atoms with Gasteiger partial charge in [0.05, 0.1) is 0 Å². The minimum Gasteiger partial charge on any atom is -0.461 e. The highest BCUT2D eigenvalue weighted by molar-refractivity contribution is 6.31. The zero-order valence-electron chi connectivity index (χ0n) is 14.7. The molecule has 130 valence electrons. The van der Waals surface area contributed by atoms with E-state index in [1.54, 1.807) is 0 Å². The lowest BCUT2D eigenvalue weighted by Gasteiger charge is -2.36. The number of hydrogen-bond acceptors (Lipinski definition) is 2. The average molecular weight is 348 g/mol. The minimum absolute atomic E-state index is 0.0763. The molecule has 0 bridgehead atoms. The fraction of sp³-hybridized carbons (Fsp3) is 0.550. The fourth-order valence-electron chi connectivity index (χ4n) is 3.72. The number of nitrogens with zero attached hydrogens (tertiary/aromatic N) is 1. The van der Waals surface area contributed by atoms with Crippen LogP contribution in [0.4, 0.5) is 0 Å². The van der Waals surface area contributed by atoms with Crippen molar-refractivity contribution in [2.24, 2.45) is 11.3 Å². The predicted octanol–water partition coefficient (Wildman–Crippen LogP) is 5.44. The van der Waals surface area contributed by atoms with Crippen LogP contribution in [-0.4, -0.2) is 16.6 Å². The summed E-state index contributed by atoms with van der Waals surface area (Å²) in [6.45, 7) is 7.15. The molecule has 0 atom stereocenters. The maximum atomic E-state index is 12.3. The highest BCUT2D eigenvalue weighted by Crippen LogP contribution is 2.38. The van der Waals surface area contributed by atoms with Crippen LogP contribution in [0.3, 0.4) is 0 Å². The highest BCUT2D eigenvalue weighted by atomic mass is 35.5. The molecule has 1 heterocycles. The summed E-state index contributed by atoms with van der Waals surface area (Å²) in [4.78, 5) is 12.3. The standard InChI is InChI=1S/C20H26ClNO2/c1-20(2,3)15-4-7-17(8-5-15)24-19(23)13-22-11-10-14-12-16(21)6-9-18(14)22/h6,9-12,15,17H,4-5,7-8,13H2,1-3H3. The Hall–Kier alpha value is -1.48. The number of carbonyl (C=O) groups is 1. The Bertz CT molecular complexity index is 721. The van der Waals surface area contributed by atoms with E-state index in [2.05, 4.69) is 20.8 Å². The van der Waals surface area contributed by atoms with Crippen LogP contribution >= 0.6 is 11.6 Å². The number of carbonyl (C=O) groups excluding carboxylic acids is 1. The van der Waals surface area contributed by atoms with Crippen molar-refractivity contribution in [1.82, 2.24) is 4.57 Å². The molecule has 0 spiro atoms. The molecule has 3 nitrogen and oxygen atoms in total. The number of halogens is 1. The van der Waals surface area contributed by atoms with E-state index in [-0.39, 0.29) is 18.6 Å². The number of aromatic nitrogens is 1. The summed E-state index contributed by atoms with van der Waals surface area (Å²) in [5.41, 5.74) is 1.35. The molecule has 0 radical (unpaired) electrons. The van der Waals surface area contributed by atoms with Gasteiger partial charge in [-0.3, -0.25) is 4.79 Å². The Kier molecular flexibility index (Phi) is 4.91. The lowest BCUT2D eigenvalue weighted by atomic mass is 9.72. The average Bonchev–Trinajstić information content (AvgIpc) is 2.89. The van der Waals surface area contributed by atoms with Gasteiger partial charge < -0.3 is 9.30 Å². The van der Waals surface area contributed by atoms with Gasteiger partial charge in [0.2, 0.25) is 0 Å². The Balaban J connectivity index is 1.56. The Morgan fingerprint density at radius 3 is 2.58 bits per heavy atom. The summed E-state index contributed by atoms with van der Waals surface area (Å²) in [6, 6.07) is 7.68. The minimum atomic E-state index is -0.151. The zero-order chi connectivity index (χ0) is 17.3. The number of rotatable bonds is 3. The van der Waals surface area contributed by atoms with Gasteiger partial charge >= 0.3 is 5.97 Å². The summed E-state index contributed by atoms with van der Waals surface area (Å²) < 4.78 is 7.64. The van der Waals surface area contributed by atoms with Gasteiger partial charge in [0, 0.05) is 22.1 Å². The number of hydrogen-bond donors (Lipinski definition) is 0. The topological polar surface area (TPSA) is 31.2 Å². The quantitative estimate of drug-likeness (QED) is 0.692. The molecule has 24 heavy (non-hydrogen) atoms. The summed E-state index contributed by atoms with van der Waals surface area (Å²) in [5.74, 6) is 0.576. The SMILES string of the molecule is CC(C)(C)C1CCC(OC(=O)Cn2ccc3cc(Cl)ccc32)CC1. The zero-order valence-corrected chi connectivity index (χ0v) is 15.5. The molecule has 1 aromatic heterocycles. The van der Waals surface area contributed by atoms with E-state index in [0.717, 1.165) is 42.5 Å². The number of ether oxygens (including phenoxy) is 1. The number of fused-ring (bicyclic) bond motifs is 1. The molecule has 1 aliphatic carbocycles. The van der Waals surface area contributed by atoms with Gasteiger partial charge in [-0.1, -0.05) is 32.4 Å². The van der Waals surface area contributed by atoms with Gasteiger partial charge in [0.25, 0.3) is 0 Å². The Morgan fingerprint density at radius 2 is 1.92 bits per heavy atom. The van der Waals surface area contributed by atoms with Crippen molar-refractivity contribution in [3.63, 3.8) is 0 Å². The third kappa shape index (κ3) is 3.94. The molecule has 0 unspecified atom stereocenters. The number of benzene rings is 1. The summed E-state index contributed by atoms with van der Waals surface area (Å²) in [5, 5.41) is 1.75.